The molecule has 6 nitrogen and oxygen atoms in total. The summed E-state index contributed by atoms with van der Waals surface area (Å²) in [6, 6.07) is 11.5. The highest BCUT2D eigenvalue weighted by Gasteiger charge is 2.42. The second kappa shape index (κ2) is 17.1. The molecule has 254 valence electrons. The van der Waals surface area contributed by atoms with Crippen molar-refractivity contribution in [2.75, 3.05) is 24.2 Å². The van der Waals surface area contributed by atoms with Crippen LogP contribution in [-0.2, 0) is 6.42 Å². The number of likely N-dealkylation sites (N-methyl/N-ethyl adjacent to an activating group) is 1. The van der Waals surface area contributed by atoms with Crippen molar-refractivity contribution in [1.29, 1.82) is 0 Å². The van der Waals surface area contributed by atoms with Crippen LogP contribution in [0.3, 0.4) is 0 Å². The van der Waals surface area contributed by atoms with Crippen LogP contribution < -0.4 is 21.9 Å². The maximum atomic E-state index is 6.70. The number of nitrogens with two attached hydrogens (primary N) is 2. The molecule has 0 amide bonds. The van der Waals surface area contributed by atoms with E-state index < -0.39 is 0 Å². The predicted octanol–water partition coefficient (Wildman–Crippen LogP) is 8.61. The molecule has 0 saturated carbocycles. The van der Waals surface area contributed by atoms with Gasteiger partial charge in [0.15, 0.2) is 0 Å². The minimum Gasteiger partial charge on any atom is -0.364 e. The fraction of sp³-hybridized carbons (Fsp3) is 0.538. The summed E-state index contributed by atoms with van der Waals surface area (Å²) in [6.07, 6.45) is 16.4. The third-order valence-electron chi connectivity index (χ3n) is 9.99. The topological polar surface area (TPSA) is 93.1 Å². The van der Waals surface area contributed by atoms with Crippen LogP contribution in [-0.4, -0.2) is 40.6 Å². The van der Waals surface area contributed by atoms with Crippen LogP contribution in [0.1, 0.15) is 113 Å². The first kappa shape index (κ1) is 37.2. The standard InChI is InChI=1S/C39H56N6S2/c1-9-12-19-39(6,7)24-31-30-22-28(33-25-47-36(44-33)23-32(40)27(5)35(46-8)16-14-21-43-41)17-18-34(30)45(11-3)38(31)29-15-13-20-42-37(29)26(4)10-2/h1,13,15,17-18,20,22,25-26,31-32,35,38,43H,5,10-12,14,16,19,21,23-24,40-41H2,2-4,6-8H3. The Labute approximate surface area is 292 Å². The summed E-state index contributed by atoms with van der Waals surface area (Å²) in [7, 11) is 0. The molecule has 47 heavy (non-hydrogen) atoms. The Morgan fingerprint density at radius 3 is 2.72 bits per heavy atom. The summed E-state index contributed by atoms with van der Waals surface area (Å²) in [5.41, 5.74) is 18.1. The number of rotatable bonds is 18. The Bertz CT molecular complexity index is 1510. The quantitative estimate of drug-likeness (QED) is 0.0410. The number of terminal acetylenes is 1. The second-order valence-electron chi connectivity index (χ2n) is 13.8. The smallest absolute Gasteiger partial charge is 0.0951 e. The van der Waals surface area contributed by atoms with Crippen molar-refractivity contribution in [2.45, 2.75) is 109 Å². The molecule has 5 atom stereocenters. The third-order valence-corrected chi connectivity index (χ3v) is 12.0. The highest BCUT2D eigenvalue weighted by Crippen LogP contribution is 2.55. The van der Waals surface area contributed by atoms with Gasteiger partial charge in [0.1, 0.15) is 0 Å². The Morgan fingerprint density at radius 1 is 1.26 bits per heavy atom. The Hall–Kier alpha value is -2.67. The van der Waals surface area contributed by atoms with E-state index in [0.717, 1.165) is 73.5 Å². The van der Waals surface area contributed by atoms with Gasteiger partial charge >= 0.3 is 0 Å². The van der Waals surface area contributed by atoms with Gasteiger partial charge in [-0.2, -0.15) is 11.8 Å². The van der Waals surface area contributed by atoms with Crippen molar-refractivity contribution in [3.05, 3.63) is 75.9 Å². The van der Waals surface area contributed by atoms with Gasteiger partial charge in [-0.25, -0.2) is 4.98 Å². The lowest BCUT2D eigenvalue weighted by atomic mass is 9.73. The van der Waals surface area contributed by atoms with Crippen molar-refractivity contribution in [2.24, 2.45) is 17.0 Å². The van der Waals surface area contributed by atoms with Gasteiger partial charge < -0.3 is 10.6 Å². The average Bonchev–Trinajstić information content (AvgIpc) is 3.66. The van der Waals surface area contributed by atoms with Crippen molar-refractivity contribution >= 4 is 28.8 Å². The van der Waals surface area contributed by atoms with Gasteiger partial charge in [-0.3, -0.25) is 16.3 Å². The zero-order valence-corrected chi connectivity index (χ0v) is 31.0. The van der Waals surface area contributed by atoms with E-state index in [1.807, 2.05) is 18.0 Å². The molecule has 0 fully saturated rings. The largest absolute Gasteiger partial charge is 0.364 e. The second-order valence-corrected chi connectivity index (χ2v) is 15.8. The van der Waals surface area contributed by atoms with E-state index >= 15 is 0 Å². The lowest BCUT2D eigenvalue weighted by Crippen LogP contribution is -2.31. The molecule has 3 heterocycles. The number of benzene rings is 1. The maximum absolute atomic E-state index is 6.70. The molecule has 0 radical (unpaired) electrons. The first-order chi connectivity index (χ1) is 22.6. The molecule has 4 rings (SSSR count). The van der Waals surface area contributed by atoms with Gasteiger partial charge in [-0.1, -0.05) is 46.4 Å². The van der Waals surface area contributed by atoms with E-state index in [4.69, 9.17) is 28.0 Å². The fourth-order valence-corrected chi connectivity index (χ4v) is 8.86. The molecule has 8 heteroatoms. The van der Waals surface area contributed by atoms with E-state index in [9.17, 15) is 0 Å². The van der Waals surface area contributed by atoms with Gasteiger partial charge in [0.25, 0.3) is 0 Å². The summed E-state index contributed by atoms with van der Waals surface area (Å²) < 4.78 is 0. The number of thioether (sulfide) groups is 1. The third kappa shape index (κ3) is 8.87. The molecule has 2 aromatic heterocycles. The van der Waals surface area contributed by atoms with Crippen LogP contribution in [0, 0.1) is 17.8 Å². The van der Waals surface area contributed by atoms with Crippen LogP contribution in [0.4, 0.5) is 5.69 Å². The minimum atomic E-state index is -0.134. The molecule has 0 bridgehead atoms. The lowest BCUT2D eigenvalue weighted by molar-refractivity contribution is 0.271. The van der Waals surface area contributed by atoms with E-state index in [1.54, 1.807) is 11.3 Å². The average molecular weight is 673 g/mol. The molecule has 0 spiro atoms. The number of pyridine rings is 1. The fourth-order valence-electron chi connectivity index (χ4n) is 7.12. The maximum Gasteiger partial charge on any atom is 0.0951 e. The summed E-state index contributed by atoms with van der Waals surface area (Å²) in [5, 5.41) is 3.54. The molecule has 3 aromatic rings. The zero-order chi connectivity index (χ0) is 34.1. The van der Waals surface area contributed by atoms with E-state index in [0.29, 0.717) is 23.5 Å². The van der Waals surface area contributed by atoms with Gasteiger partial charge in [-0.15, -0.1) is 23.7 Å². The summed E-state index contributed by atoms with van der Waals surface area (Å²) in [4.78, 5) is 12.7. The van der Waals surface area contributed by atoms with Crippen LogP contribution in [0.25, 0.3) is 11.3 Å². The number of thiazole rings is 1. The lowest BCUT2D eigenvalue weighted by Gasteiger charge is -2.35. The van der Waals surface area contributed by atoms with Crippen LogP contribution in [0.15, 0.2) is 54.1 Å². The Kier molecular flexibility index (Phi) is 13.5. The number of anilines is 1. The number of hydrogen-bond acceptors (Lipinski definition) is 8. The number of aromatic nitrogens is 2. The minimum absolute atomic E-state index is 0.0901. The van der Waals surface area contributed by atoms with E-state index in [-0.39, 0.29) is 17.5 Å². The molecular formula is C39H56N6S2. The van der Waals surface area contributed by atoms with Gasteiger partial charge in [0.05, 0.1) is 16.7 Å². The Morgan fingerprint density at radius 2 is 2.04 bits per heavy atom. The highest BCUT2D eigenvalue weighted by molar-refractivity contribution is 7.99. The molecule has 0 aliphatic carbocycles. The molecule has 0 saturated heterocycles. The molecule has 1 aliphatic rings. The number of hydrazine groups is 1. The van der Waals surface area contributed by atoms with Crippen LogP contribution >= 0.6 is 23.1 Å². The van der Waals surface area contributed by atoms with Crippen molar-refractivity contribution in [3.8, 4) is 23.6 Å². The van der Waals surface area contributed by atoms with Gasteiger partial charge in [0, 0.05) is 71.7 Å². The molecular weight excluding hydrogens is 617 g/mol. The summed E-state index contributed by atoms with van der Waals surface area (Å²) >= 11 is 3.50. The Balaban J connectivity index is 1.67. The first-order valence-electron chi connectivity index (χ1n) is 17.2. The first-order valence-corrected chi connectivity index (χ1v) is 19.4. The molecule has 1 aromatic carbocycles. The highest BCUT2D eigenvalue weighted by atomic mass is 32.2. The SMILES string of the molecule is C#CCCC(C)(C)CC1c2cc(-c3csc(CC(N)C(=C)C(CCCNN)SC)n3)ccc2N(CC)C1c1cccnc1C(C)CC. The number of hydrogen-bond donors (Lipinski definition) is 3. The predicted molar refractivity (Wildman–Crippen MR) is 205 cm³/mol. The summed E-state index contributed by atoms with van der Waals surface area (Å²) in [6.45, 7) is 17.7. The molecule has 5 N–H and O–H groups in total. The normalized spacial score (nSPS) is 18.1. The van der Waals surface area contributed by atoms with Crippen LogP contribution in [0.5, 0.6) is 0 Å². The van der Waals surface area contributed by atoms with Gasteiger partial charge in [0.2, 0.25) is 0 Å². The van der Waals surface area contributed by atoms with E-state index in [1.165, 1.54) is 22.5 Å². The van der Waals surface area contributed by atoms with E-state index in [2.05, 4.69) is 99.4 Å². The number of nitrogens with one attached hydrogen (secondary N) is 1. The van der Waals surface area contributed by atoms with Crippen molar-refractivity contribution in [3.63, 3.8) is 0 Å². The number of nitrogens with zero attached hydrogens (tertiary/aromatic N) is 3. The van der Waals surface area contributed by atoms with Gasteiger partial charge in [-0.05, 0) is 91.5 Å². The van der Waals surface area contributed by atoms with Crippen molar-refractivity contribution < 1.29 is 0 Å². The molecule has 5 unspecified atom stereocenters. The van der Waals surface area contributed by atoms with Crippen LogP contribution in [0.2, 0.25) is 0 Å². The summed E-state index contributed by atoms with van der Waals surface area (Å²) in [5.74, 6) is 9.06. The monoisotopic (exact) mass is 672 g/mol. The van der Waals surface area contributed by atoms with Crippen molar-refractivity contribution in [1.82, 2.24) is 15.4 Å². The number of fused-ring (bicyclic) bond motifs is 1. The molecule has 1 aliphatic heterocycles. The zero-order valence-electron chi connectivity index (χ0n) is 29.4.